The van der Waals surface area contributed by atoms with E-state index in [1.807, 2.05) is 0 Å². The molecule has 2 rings (SSSR count). The van der Waals surface area contributed by atoms with Crippen LogP contribution < -0.4 is 16.0 Å². The summed E-state index contributed by atoms with van der Waals surface area (Å²) >= 11 is 0. The highest BCUT2D eigenvalue weighted by Crippen LogP contribution is 2.20. The lowest BCUT2D eigenvalue weighted by Gasteiger charge is -2.23. The monoisotopic (exact) mass is 349 g/mol. The lowest BCUT2D eigenvalue weighted by atomic mass is 10.0. The molecule has 0 saturated carbocycles. The molecule has 1 aliphatic carbocycles. The zero-order valence-corrected chi connectivity index (χ0v) is 14.8. The summed E-state index contributed by atoms with van der Waals surface area (Å²) < 4.78 is 5.20. The summed E-state index contributed by atoms with van der Waals surface area (Å²) in [6.45, 7) is 7.01. The maximum atomic E-state index is 12.4. The summed E-state index contributed by atoms with van der Waals surface area (Å²) in [5.41, 5.74) is 0.414. The van der Waals surface area contributed by atoms with E-state index in [-0.39, 0.29) is 18.7 Å². The number of piperidine rings is 1. The summed E-state index contributed by atoms with van der Waals surface area (Å²) in [6, 6.07) is -1.19. The lowest BCUT2D eigenvalue weighted by molar-refractivity contribution is -0.136. The number of ether oxygens (including phenoxy) is 1. The van der Waals surface area contributed by atoms with Crippen LogP contribution in [0.2, 0.25) is 0 Å². The lowest BCUT2D eigenvalue weighted by Crippen LogP contribution is -2.52. The van der Waals surface area contributed by atoms with E-state index in [1.165, 1.54) is 0 Å². The molecule has 1 aliphatic heterocycles. The molecule has 2 aliphatic rings. The molecule has 8 nitrogen and oxygen atoms in total. The van der Waals surface area contributed by atoms with Gasteiger partial charge in [0.05, 0.1) is 6.04 Å². The number of imide groups is 1. The Bertz CT molecular complexity index is 672. The molecule has 2 atom stereocenters. The minimum absolute atomic E-state index is 0.188. The van der Waals surface area contributed by atoms with E-state index in [0.29, 0.717) is 11.1 Å². The number of alkyl carbamates (subject to hydrolysis) is 1. The van der Waals surface area contributed by atoms with Gasteiger partial charge in [0, 0.05) is 12.0 Å². The fraction of sp³-hybridized carbons (Fsp3) is 0.529. The molecule has 1 fully saturated rings. The Balaban J connectivity index is 1.97. The Labute approximate surface area is 146 Å². The number of carbonyl (C=O) groups is 4. The molecule has 136 valence electrons. The summed E-state index contributed by atoms with van der Waals surface area (Å²) in [5.74, 6) is -1.27. The molecule has 4 amide bonds. The third-order valence-corrected chi connectivity index (χ3v) is 3.81. The average Bonchev–Trinajstić information content (AvgIpc) is 2.81. The van der Waals surface area contributed by atoms with Crippen molar-refractivity contribution in [3.05, 3.63) is 23.3 Å². The Morgan fingerprint density at radius 1 is 1.24 bits per heavy atom. The summed E-state index contributed by atoms with van der Waals surface area (Å²) in [5, 5.41) is 7.49. The highest BCUT2D eigenvalue weighted by atomic mass is 16.6. The van der Waals surface area contributed by atoms with Gasteiger partial charge in [-0.2, -0.15) is 0 Å². The maximum Gasteiger partial charge on any atom is 0.408 e. The molecule has 0 spiro atoms. The van der Waals surface area contributed by atoms with Crippen LogP contribution in [0.4, 0.5) is 4.79 Å². The van der Waals surface area contributed by atoms with Gasteiger partial charge in [0.1, 0.15) is 11.6 Å². The fourth-order valence-electron chi connectivity index (χ4n) is 2.55. The highest BCUT2D eigenvalue weighted by molar-refractivity contribution is 6.05. The standard InChI is InChI=1S/C17H23N3O5/c1-9-10(5-6-11(9)19-16(24)25-17(2,3)4)14(22)18-12-7-8-13(21)20-15(12)23/h5-6,11-12H,7-8H2,1-4H3,(H,18,22)(H,19,24)(H,20,21,23). The summed E-state index contributed by atoms with van der Waals surface area (Å²) in [6.07, 6.45) is 3.16. The molecule has 2 unspecified atom stereocenters. The van der Waals surface area contributed by atoms with Crippen LogP contribution in [0.3, 0.4) is 0 Å². The van der Waals surface area contributed by atoms with E-state index in [2.05, 4.69) is 16.0 Å². The Hall–Kier alpha value is -2.64. The van der Waals surface area contributed by atoms with Gasteiger partial charge in [-0.15, -0.1) is 0 Å². The minimum Gasteiger partial charge on any atom is -0.444 e. The minimum atomic E-state index is -0.739. The van der Waals surface area contributed by atoms with Gasteiger partial charge in [0.2, 0.25) is 11.8 Å². The van der Waals surface area contributed by atoms with Crippen molar-refractivity contribution in [2.24, 2.45) is 0 Å². The third kappa shape index (κ3) is 4.91. The second kappa shape index (κ2) is 7.08. The van der Waals surface area contributed by atoms with Crippen molar-refractivity contribution in [3.8, 4) is 0 Å². The van der Waals surface area contributed by atoms with Crippen molar-refractivity contribution in [3.63, 3.8) is 0 Å². The summed E-state index contributed by atoms with van der Waals surface area (Å²) in [4.78, 5) is 47.1. The normalized spacial score (nSPS) is 23.4. The Kier molecular flexibility index (Phi) is 5.30. The van der Waals surface area contributed by atoms with E-state index in [0.717, 1.165) is 0 Å². The first-order valence-corrected chi connectivity index (χ1v) is 8.10. The molecule has 0 aromatic carbocycles. The predicted octanol–water partition coefficient (Wildman–Crippen LogP) is 0.687. The molecule has 0 aromatic rings. The van der Waals surface area contributed by atoms with Gasteiger partial charge in [0.15, 0.2) is 0 Å². The Morgan fingerprint density at radius 2 is 1.92 bits per heavy atom. The topological polar surface area (TPSA) is 114 Å². The number of nitrogens with one attached hydrogen (secondary N) is 3. The van der Waals surface area contributed by atoms with Crippen molar-refractivity contribution in [1.82, 2.24) is 16.0 Å². The zero-order valence-electron chi connectivity index (χ0n) is 14.8. The number of carbonyl (C=O) groups excluding carboxylic acids is 4. The quantitative estimate of drug-likeness (QED) is 0.649. The number of hydrogen-bond acceptors (Lipinski definition) is 5. The largest absolute Gasteiger partial charge is 0.444 e. The highest BCUT2D eigenvalue weighted by Gasteiger charge is 2.30. The van der Waals surface area contributed by atoms with Crippen LogP contribution in [0.25, 0.3) is 0 Å². The molecular weight excluding hydrogens is 326 g/mol. The SMILES string of the molecule is CC1=C(C(=O)NC2CCC(=O)NC2=O)C=CC1NC(=O)OC(C)(C)C. The number of rotatable bonds is 3. The van der Waals surface area contributed by atoms with E-state index in [1.54, 1.807) is 39.8 Å². The Morgan fingerprint density at radius 3 is 2.52 bits per heavy atom. The second-order valence-electron chi connectivity index (χ2n) is 7.06. The van der Waals surface area contributed by atoms with Crippen LogP contribution in [-0.2, 0) is 19.1 Å². The van der Waals surface area contributed by atoms with Gasteiger partial charge in [-0.3, -0.25) is 19.7 Å². The first-order valence-electron chi connectivity index (χ1n) is 8.10. The van der Waals surface area contributed by atoms with Crippen molar-refractivity contribution in [2.75, 3.05) is 0 Å². The smallest absolute Gasteiger partial charge is 0.408 e. The molecule has 0 bridgehead atoms. The predicted molar refractivity (Wildman–Crippen MR) is 89.3 cm³/mol. The first kappa shape index (κ1) is 18.7. The van der Waals surface area contributed by atoms with Crippen molar-refractivity contribution >= 4 is 23.8 Å². The van der Waals surface area contributed by atoms with Crippen LogP contribution in [0, 0.1) is 0 Å². The molecule has 25 heavy (non-hydrogen) atoms. The van der Waals surface area contributed by atoms with Crippen LogP contribution in [0.5, 0.6) is 0 Å². The van der Waals surface area contributed by atoms with Gasteiger partial charge in [-0.25, -0.2) is 4.79 Å². The van der Waals surface area contributed by atoms with Crippen LogP contribution in [-0.4, -0.2) is 41.5 Å². The van der Waals surface area contributed by atoms with Gasteiger partial charge in [-0.1, -0.05) is 12.2 Å². The van der Waals surface area contributed by atoms with Gasteiger partial charge < -0.3 is 15.4 Å². The van der Waals surface area contributed by atoms with E-state index in [9.17, 15) is 19.2 Å². The van der Waals surface area contributed by atoms with Gasteiger partial charge in [0.25, 0.3) is 5.91 Å². The molecule has 0 radical (unpaired) electrons. The van der Waals surface area contributed by atoms with Crippen molar-refractivity contribution < 1.29 is 23.9 Å². The molecular formula is C17H23N3O5. The van der Waals surface area contributed by atoms with Crippen molar-refractivity contribution in [2.45, 2.75) is 58.2 Å². The molecule has 1 heterocycles. The zero-order chi connectivity index (χ0) is 18.8. The van der Waals surface area contributed by atoms with E-state index >= 15 is 0 Å². The number of amides is 4. The van der Waals surface area contributed by atoms with Gasteiger partial charge >= 0.3 is 6.09 Å². The van der Waals surface area contributed by atoms with Crippen LogP contribution >= 0.6 is 0 Å². The molecule has 3 N–H and O–H groups in total. The maximum absolute atomic E-state index is 12.4. The molecule has 8 heteroatoms. The average molecular weight is 349 g/mol. The van der Waals surface area contributed by atoms with Crippen LogP contribution in [0.1, 0.15) is 40.5 Å². The molecule has 0 aromatic heterocycles. The second-order valence-corrected chi connectivity index (χ2v) is 7.06. The van der Waals surface area contributed by atoms with Crippen molar-refractivity contribution in [1.29, 1.82) is 0 Å². The van der Waals surface area contributed by atoms with E-state index < -0.39 is 35.6 Å². The van der Waals surface area contributed by atoms with Gasteiger partial charge in [-0.05, 0) is 39.7 Å². The summed E-state index contributed by atoms with van der Waals surface area (Å²) in [7, 11) is 0. The third-order valence-electron chi connectivity index (χ3n) is 3.81. The number of hydrogen-bond donors (Lipinski definition) is 3. The molecule has 1 saturated heterocycles. The fourth-order valence-corrected chi connectivity index (χ4v) is 2.55. The van der Waals surface area contributed by atoms with E-state index in [4.69, 9.17) is 4.74 Å². The van der Waals surface area contributed by atoms with Crippen LogP contribution in [0.15, 0.2) is 23.3 Å². The first-order chi connectivity index (χ1) is 11.6.